The van der Waals surface area contributed by atoms with Crippen LogP contribution >= 0.6 is 0 Å². The summed E-state index contributed by atoms with van der Waals surface area (Å²) < 4.78 is 0. The molecule has 76 valence electrons. The van der Waals surface area contributed by atoms with Crippen LogP contribution in [-0.4, -0.2) is 11.1 Å². The number of rotatable bonds is 4. The third kappa shape index (κ3) is 4.10. The molecule has 0 aliphatic carbocycles. The zero-order valence-electron chi connectivity index (χ0n) is 8.18. The van der Waals surface area contributed by atoms with E-state index < -0.39 is 5.97 Å². The highest BCUT2D eigenvalue weighted by atomic mass is 16.4. The van der Waals surface area contributed by atoms with Crippen molar-refractivity contribution in [2.75, 3.05) is 0 Å². The Kier molecular flexibility index (Phi) is 4.11. The maximum Gasteiger partial charge on any atom is 0.303 e. The first-order chi connectivity index (χ1) is 7.22. The molecule has 0 saturated carbocycles. The first kappa shape index (κ1) is 11.0. The summed E-state index contributed by atoms with van der Waals surface area (Å²) in [5.74, 6) is -0.801. The van der Waals surface area contributed by atoms with Crippen LogP contribution in [0.5, 0.6) is 0 Å². The largest absolute Gasteiger partial charge is 0.481 e. The Labute approximate surface area is 88.3 Å². The van der Waals surface area contributed by atoms with E-state index in [0.29, 0.717) is 12.0 Å². The van der Waals surface area contributed by atoms with Crippen LogP contribution in [0.2, 0.25) is 0 Å². The summed E-state index contributed by atoms with van der Waals surface area (Å²) in [6.45, 7) is 0. The highest BCUT2D eigenvalue weighted by molar-refractivity contribution is 5.67. The molecule has 0 bridgehead atoms. The molecule has 0 aromatic heterocycles. The number of nitriles is 1. The van der Waals surface area contributed by atoms with Gasteiger partial charge in [0.1, 0.15) is 0 Å². The zero-order valence-corrected chi connectivity index (χ0v) is 8.18. The van der Waals surface area contributed by atoms with E-state index in [1.54, 1.807) is 24.3 Å². The topological polar surface area (TPSA) is 61.1 Å². The average molecular weight is 201 g/mol. The van der Waals surface area contributed by atoms with E-state index in [4.69, 9.17) is 10.4 Å². The standard InChI is InChI=1S/C12H11NO2/c13-9-11-6-3-5-10(8-11)4-1-2-7-12(14)15/h1,3-6,8H,2,7H2,(H,14,15)/b4-1+. The Morgan fingerprint density at radius 3 is 3.00 bits per heavy atom. The van der Waals surface area contributed by atoms with Gasteiger partial charge in [0, 0.05) is 6.42 Å². The molecule has 1 aromatic rings. The number of nitrogens with zero attached hydrogens (tertiary/aromatic N) is 1. The molecule has 0 aliphatic heterocycles. The van der Waals surface area contributed by atoms with Crippen molar-refractivity contribution in [1.29, 1.82) is 5.26 Å². The Morgan fingerprint density at radius 1 is 1.53 bits per heavy atom. The minimum absolute atomic E-state index is 0.133. The Morgan fingerprint density at radius 2 is 2.33 bits per heavy atom. The SMILES string of the molecule is N#Cc1cccc(/C=C/CCC(=O)O)c1. The zero-order chi connectivity index (χ0) is 11.1. The Balaban J connectivity index is 2.57. The molecule has 0 heterocycles. The van der Waals surface area contributed by atoms with Gasteiger partial charge in [-0.05, 0) is 24.1 Å². The van der Waals surface area contributed by atoms with Crippen molar-refractivity contribution in [3.05, 3.63) is 41.5 Å². The molecule has 15 heavy (non-hydrogen) atoms. The molecule has 0 amide bonds. The van der Waals surface area contributed by atoms with Gasteiger partial charge in [0.25, 0.3) is 0 Å². The maximum atomic E-state index is 10.2. The smallest absolute Gasteiger partial charge is 0.303 e. The predicted octanol–water partition coefficient (Wildman–Crippen LogP) is 2.44. The van der Waals surface area contributed by atoms with E-state index in [2.05, 4.69) is 0 Å². The summed E-state index contributed by atoms with van der Waals surface area (Å²) >= 11 is 0. The van der Waals surface area contributed by atoms with E-state index in [1.807, 2.05) is 18.2 Å². The molecule has 0 atom stereocenters. The minimum Gasteiger partial charge on any atom is -0.481 e. The molecule has 1 N–H and O–H groups in total. The van der Waals surface area contributed by atoms with Gasteiger partial charge in [0.15, 0.2) is 0 Å². The highest BCUT2D eigenvalue weighted by Crippen LogP contribution is 2.06. The van der Waals surface area contributed by atoms with E-state index in [-0.39, 0.29) is 6.42 Å². The lowest BCUT2D eigenvalue weighted by Gasteiger charge is -1.93. The van der Waals surface area contributed by atoms with Crippen LogP contribution in [0.4, 0.5) is 0 Å². The van der Waals surface area contributed by atoms with Gasteiger partial charge < -0.3 is 5.11 Å². The average Bonchev–Trinajstić information content (AvgIpc) is 2.24. The molecule has 0 radical (unpaired) electrons. The fraction of sp³-hybridized carbons (Fsp3) is 0.167. The molecule has 0 fully saturated rings. The third-order valence-electron chi connectivity index (χ3n) is 1.85. The van der Waals surface area contributed by atoms with Gasteiger partial charge in [-0.25, -0.2) is 0 Å². The van der Waals surface area contributed by atoms with E-state index >= 15 is 0 Å². The maximum absolute atomic E-state index is 10.2. The second-order valence-electron chi connectivity index (χ2n) is 3.07. The molecule has 0 saturated heterocycles. The lowest BCUT2D eigenvalue weighted by Crippen LogP contribution is -1.91. The molecule has 1 aromatic carbocycles. The monoisotopic (exact) mass is 201 g/mol. The van der Waals surface area contributed by atoms with Gasteiger partial charge in [0.05, 0.1) is 11.6 Å². The summed E-state index contributed by atoms with van der Waals surface area (Å²) in [4.78, 5) is 10.2. The highest BCUT2D eigenvalue weighted by Gasteiger charge is 1.93. The number of hydrogen-bond donors (Lipinski definition) is 1. The minimum atomic E-state index is -0.801. The quantitative estimate of drug-likeness (QED) is 0.813. The number of carbonyl (C=O) groups is 1. The van der Waals surface area contributed by atoms with Crippen molar-refractivity contribution in [3.63, 3.8) is 0 Å². The summed E-state index contributed by atoms with van der Waals surface area (Å²) in [6, 6.07) is 9.21. The van der Waals surface area contributed by atoms with Gasteiger partial charge in [-0.1, -0.05) is 24.3 Å². The van der Waals surface area contributed by atoms with Gasteiger partial charge >= 0.3 is 5.97 Å². The van der Waals surface area contributed by atoms with Gasteiger partial charge in [-0.15, -0.1) is 0 Å². The number of allylic oxidation sites excluding steroid dienone is 1. The van der Waals surface area contributed by atoms with Crippen molar-refractivity contribution in [2.45, 2.75) is 12.8 Å². The summed E-state index contributed by atoms with van der Waals surface area (Å²) in [5.41, 5.74) is 1.52. The van der Waals surface area contributed by atoms with Crippen molar-refractivity contribution in [1.82, 2.24) is 0 Å². The van der Waals surface area contributed by atoms with Gasteiger partial charge in [0.2, 0.25) is 0 Å². The Bertz CT molecular complexity index is 416. The fourth-order valence-electron chi connectivity index (χ4n) is 1.14. The Hall–Kier alpha value is -2.08. The molecular formula is C12H11NO2. The third-order valence-corrected chi connectivity index (χ3v) is 1.85. The van der Waals surface area contributed by atoms with E-state index in [0.717, 1.165) is 5.56 Å². The van der Waals surface area contributed by atoms with Crippen LogP contribution in [0.3, 0.4) is 0 Å². The number of carboxylic acids is 1. The van der Waals surface area contributed by atoms with Crippen molar-refractivity contribution < 1.29 is 9.90 Å². The van der Waals surface area contributed by atoms with Crippen LogP contribution in [0, 0.1) is 11.3 Å². The first-order valence-electron chi connectivity index (χ1n) is 4.61. The second-order valence-corrected chi connectivity index (χ2v) is 3.07. The van der Waals surface area contributed by atoms with Crippen molar-refractivity contribution >= 4 is 12.0 Å². The fourth-order valence-corrected chi connectivity index (χ4v) is 1.14. The lowest BCUT2D eigenvalue weighted by atomic mass is 10.1. The number of hydrogen-bond acceptors (Lipinski definition) is 2. The molecule has 3 nitrogen and oxygen atoms in total. The van der Waals surface area contributed by atoms with Crippen molar-refractivity contribution in [2.24, 2.45) is 0 Å². The van der Waals surface area contributed by atoms with Crippen LogP contribution in [0.1, 0.15) is 24.0 Å². The molecule has 0 aliphatic rings. The molecule has 0 unspecified atom stereocenters. The van der Waals surface area contributed by atoms with Crippen molar-refractivity contribution in [3.8, 4) is 6.07 Å². The van der Waals surface area contributed by atoms with Gasteiger partial charge in [-0.3, -0.25) is 4.79 Å². The molecular weight excluding hydrogens is 190 g/mol. The summed E-state index contributed by atoms with van der Waals surface area (Å²) in [7, 11) is 0. The van der Waals surface area contributed by atoms with Crippen LogP contribution in [0.25, 0.3) is 6.08 Å². The van der Waals surface area contributed by atoms with Crippen LogP contribution < -0.4 is 0 Å². The predicted molar refractivity (Wildman–Crippen MR) is 57.1 cm³/mol. The number of benzene rings is 1. The van der Waals surface area contributed by atoms with E-state index in [1.165, 1.54) is 0 Å². The van der Waals surface area contributed by atoms with Crippen LogP contribution in [0.15, 0.2) is 30.3 Å². The number of carboxylic acid groups (broad SMARTS) is 1. The summed E-state index contributed by atoms with van der Waals surface area (Å²) in [6.07, 6.45) is 4.26. The lowest BCUT2D eigenvalue weighted by molar-refractivity contribution is -0.136. The van der Waals surface area contributed by atoms with E-state index in [9.17, 15) is 4.79 Å². The van der Waals surface area contributed by atoms with Gasteiger partial charge in [-0.2, -0.15) is 5.26 Å². The van der Waals surface area contributed by atoms with Crippen LogP contribution in [-0.2, 0) is 4.79 Å². The molecule has 3 heteroatoms. The number of aliphatic carboxylic acids is 1. The molecule has 0 spiro atoms. The summed E-state index contributed by atoms with van der Waals surface area (Å²) in [5, 5.41) is 17.1. The first-order valence-corrected chi connectivity index (χ1v) is 4.61. The second kappa shape index (κ2) is 5.61. The normalized spacial score (nSPS) is 10.1. The molecule has 1 rings (SSSR count).